The average Bonchev–Trinajstić information content (AvgIpc) is 2.64. The molecule has 0 saturated heterocycles. The molecule has 0 fully saturated rings. The maximum absolute atomic E-state index is 11.8. The molecule has 2 rings (SSSR count). The molecule has 0 aliphatic carbocycles. The van der Waals surface area contributed by atoms with Gasteiger partial charge in [0.05, 0.1) is 10.7 Å². The zero-order valence-electron chi connectivity index (χ0n) is 13.8. The van der Waals surface area contributed by atoms with Gasteiger partial charge in [-0.3, -0.25) is 4.79 Å². The minimum absolute atomic E-state index is 0.216. The van der Waals surface area contributed by atoms with Gasteiger partial charge in [0, 0.05) is 0 Å². The van der Waals surface area contributed by atoms with Gasteiger partial charge in [-0.05, 0) is 56.9 Å². The summed E-state index contributed by atoms with van der Waals surface area (Å²) < 4.78 is 5.73. The molecule has 26 heavy (non-hydrogen) atoms. The van der Waals surface area contributed by atoms with E-state index in [-0.39, 0.29) is 18.1 Å². The fourth-order valence-electron chi connectivity index (χ4n) is 2.04. The lowest BCUT2D eigenvalue weighted by atomic mass is 10.1. The maximum atomic E-state index is 11.8. The third-order valence-corrected chi connectivity index (χ3v) is 3.94. The summed E-state index contributed by atoms with van der Waals surface area (Å²) in [4.78, 5) is 11.8. The SMILES string of the molecule is C=Cc1ccc(OCC(=O)N/N=C\c2cc(O)c(O)c(Br)c2)cc1C=C. The number of halogens is 1. The van der Waals surface area contributed by atoms with E-state index in [4.69, 9.17) is 4.74 Å². The predicted octanol–water partition coefficient (Wildman–Crippen LogP) is 3.68. The molecule has 0 bridgehead atoms. The molecule has 3 N–H and O–H groups in total. The van der Waals surface area contributed by atoms with Crippen LogP contribution < -0.4 is 10.2 Å². The molecule has 7 heteroatoms. The van der Waals surface area contributed by atoms with Crippen molar-refractivity contribution in [2.75, 3.05) is 6.61 Å². The van der Waals surface area contributed by atoms with Gasteiger partial charge in [-0.2, -0.15) is 5.10 Å². The van der Waals surface area contributed by atoms with E-state index < -0.39 is 5.91 Å². The van der Waals surface area contributed by atoms with Crippen LogP contribution in [0.4, 0.5) is 0 Å². The Kier molecular flexibility index (Phi) is 6.57. The summed E-state index contributed by atoms with van der Waals surface area (Å²) >= 11 is 3.10. The second kappa shape index (κ2) is 8.87. The van der Waals surface area contributed by atoms with E-state index in [9.17, 15) is 15.0 Å². The van der Waals surface area contributed by atoms with Crippen LogP contribution in [0.5, 0.6) is 17.2 Å². The van der Waals surface area contributed by atoms with Gasteiger partial charge >= 0.3 is 0 Å². The third-order valence-electron chi connectivity index (χ3n) is 3.34. The second-order valence-corrected chi connectivity index (χ2v) is 6.01. The molecule has 0 unspecified atom stereocenters. The number of carbonyl (C=O) groups excluding carboxylic acids is 1. The Bertz CT molecular complexity index is 855. The molecule has 2 aromatic carbocycles. The van der Waals surface area contributed by atoms with E-state index in [2.05, 4.69) is 39.6 Å². The molecule has 0 saturated carbocycles. The van der Waals surface area contributed by atoms with Crippen LogP contribution >= 0.6 is 15.9 Å². The van der Waals surface area contributed by atoms with Crippen molar-refractivity contribution in [3.05, 3.63) is 64.7 Å². The molecular weight excluding hydrogens is 400 g/mol. The van der Waals surface area contributed by atoms with Crippen LogP contribution in [-0.4, -0.2) is 28.9 Å². The van der Waals surface area contributed by atoms with Crippen molar-refractivity contribution in [1.29, 1.82) is 0 Å². The number of hydrazone groups is 1. The number of phenols is 2. The van der Waals surface area contributed by atoms with Gasteiger partial charge < -0.3 is 14.9 Å². The highest BCUT2D eigenvalue weighted by Gasteiger charge is 2.06. The Labute approximate surface area is 159 Å². The normalized spacial score (nSPS) is 10.5. The van der Waals surface area contributed by atoms with E-state index in [1.54, 1.807) is 30.4 Å². The van der Waals surface area contributed by atoms with Crippen LogP contribution in [0.15, 0.2) is 53.1 Å². The topological polar surface area (TPSA) is 91.2 Å². The number of ether oxygens (including phenoxy) is 1. The van der Waals surface area contributed by atoms with Crippen LogP contribution in [0, 0.1) is 0 Å². The fourth-order valence-corrected chi connectivity index (χ4v) is 2.51. The van der Waals surface area contributed by atoms with E-state index in [0.717, 1.165) is 11.1 Å². The number of amides is 1. The molecular formula is C19H17BrN2O4. The van der Waals surface area contributed by atoms with Gasteiger partial charge in [0.1, 0.15) is 5.75 Å². The number of carbonyl (C=O) groups is 1. The number of phenolic OH excluding ortho intramolecular Hbond substituents is 2. The van der Waals surface area contributed by atoms with Crippen molar-refractivity contribution in [3.63, 3.8) is 0 Å². The minimum atomic E-state index is -0.448. The first-order valence-electron chi connectivity index (χ1n) is 7.49. The Morgan fingerprint density at radius 2 is 1.92 bits per heavy atom. The van der Waals surface area contributed by atoms with E-state index in [1.165, 1.54) is 12.3 Å². The number of benzene rings is 2. The summed E-state index contributed by atoms with van der Waals surface area (Å²) in [6.45, 7) is 7.22. The maximum Gasteiger partial charge on any atom is 0.277 e. The van der Waals surface area contributed by atoms with Gasteiger partial charge in [-0.25, -0.2) is 5.43 Å². The van der Waals surface area contributed by atoms with Crippen LogP contribution in [0.2, 0.25) is 0 Å². The van der Waals surface area contributed by atoms with Crippen molar-refractivity contribution >= 4 is 40.2 Å². The number of nitrogens with one attached hydrogen (secondary N) is 1. The van der Waals surface area contributed by atoms with Gasteiger partial charge in [-0.1, -0.05) is 31.4 Å². The molecule has 0 heterocycles. The van der Waals surface area contributed by atoms with E-state index in [1.807, 2.05) is 6.07 Å². The van der Waals surface area contributed by atoms with Gasteiger partial charge in [-0.15, -0.1) is 0 Å². The first kappa shape index (κ1) is 19.3. The molecule has 0 aromatic heterocycles. The monoisotopic (exact) mass is 416 g/mol. The fraction of sp³-hybridized carbons (Fsp3) is 0.0526. The van der Waals surface area contributed by atoms with Crippen LogP contribution in [0.25, 0.3) is 12.2 Å². The van der Waals surface area contributed by atoms with E-state index >= 15 is 0 Å². The molecule has 0 atom stereocenters. The molecule has 2 aromatic rings. The van der Waals surface area contributed by atoms with E-state index in [0.29, 0.717) is 15.8 Å². The number of rotatable bonds is 7. The highest BCUT2D eigenvalue weighted by atomic mass is 79.9. The minimum Gasteiger partial charge on any atom is -0.504 e. The highest BCUT2D eigenvalue weighted by molar-refractivity contribution is 9.10. The van der Waals surface area contributed by atoms with Crippen molar-refractivity contribution in [2.24, 2.45) is 5.10 Å². The lowest BCUT2D eigenvalue weighted by Gasteiger charge is -2.08. The standard InChI is InChI=1S/C19H17BrN2O4/c1-3-13-5-6-15(9-14(13)4-2)26-11-18(24)22-21-10-12-7-16(20)19(25)17(23)8-12/h3-10,23,25H,1-2,11H2,(H,22,24)/b21-10-. The summed E-state index contributed by atoms with van der Waals surface area (Å²) in [5.74, 6) is -0.481. The molecule has 0 spiro atoms. The number of hydrogen-bond acceptors (Lipinski definition) is 5. The first-order valence-corrected chi connectivity index (χ1v) is 8.29. The summed E-state index contributed by atoms with van der Waals surface area (Å²) in [7, 11) is 0. The van der Waals surface area contributed by atoms with Crippen molar-refractivity contribution in [3.8, 4) is 17.2 Å². The Morgan fingerprint density at radius 1 is 1.19 bits per heavy atom. The Balaban J connectivity index is 1.91. The number of aromatic hydroxyl groups is 2. The van der Waals surface area contributed by atoms with Gasteiger partial charge in [0.15, 0.2) is 18.1 Å². The Hall–Kier alpha value is -3.06. The third kappa shape index (κ3) is 4.97. The predicted molar refractivity (Wildman–Crippen MR) is 105 cm³/mol. The first-order chi connectivity index (χ1) is 12.4. The number of hydrogen-bond donors (Lipinski definition) is 3. The van der Waals surface area contributed by atoms with Gasteiger partial charge in [0.2, 0.25) is 0 Å². The molecule has 6 nitrogen and oxygen atoms in total. The quantitative estimate of drug-likeness (QED) is 0.364. The molecule has 0 aliphatic heterocycles. The van der Waals surface area contributed by atoms with Crippen LogP contribution in [-0.2, 0) is 4.79 Å². The summed E-state index contributed by atoms with van der Waals surface area (Å²) in [5.41, 5.74) is 4.58. The number of nitrogens with zero attached hydrogens (tertiary/aromatic N) is 1. The largest absolute Gasteiger partial charge is 0.504 e. The van der Waals surface area contributed by atoms with Crippen LogP contribution in [0.1, 0.15) is 16.7 Å². The molecule has 0 radical (unpaired) electrons. The smallest absolute Gasteiger partial charge is 0.277 e. The molecule has 134 valence electrons. The van der Waals surface area contributed by atoms with Gasteiger partial charge in [0.25, 0.3) is 5.91 Å². The highest BCUT2D eigenvalue weighted by Crippen LogP contribution is 2.33. The Morgan fingerprint density at radius 3 is 2.58 bits per heavy atom. The van der Waals surface area contributed by atoms with Crippen LogP contribution in [0.3, 0.4) is 0 Å². The van der Waals surface area contributed by atoms with Crippen molar-refractivity contribution in [1.82, 2.24) is 5.43 Å². The zero-order chi connectivity index (χ0) is 19.1. The van der Waals surface area contributed by atoms with Crippen molar-refractivity contribution in [2.45, 2.75) is 0 Å². The molecule has 1 amide bonds. The summed E-state index contributed by atoms with van der Waals surface area (Å²) in [6, 6.07) is 8.17. The lowest BCUT2D eigenvalue weighted by molar-refractivity contribution is -0.123. The second-order valence-electron chi connectivity index (χ2n) is 5.15. The zero-order valence-corrected chi connectivity index (χ0v) is 15.4. The molecule has 0 aliphatic rings. The summed E-state index contributed by atoms with van der Waals surface area (Å²) in [6.07, 6.45) is 4.72. The average molecular weight is 417 g/mol. The summed E-state index contributed by atoms with van der Waals surface area (Å²) in [5, 5.41) is 22.8. The lowest BCUT2D eigenvalue weighted by Crippen LogP contribution is -2.24. The van der Waals surface area contributed by atoms with Crippen molar-refractivity contribution < 1.29 is 19.7 Å².